The van der Waals surface area contributed by atoms with Crippen LogP contribution in [0.25, 0.3) is 0 Å². The molecule has 1 atom stereocenters. The molecule has 0 spiro atoms. The normalized spacial score (nSPS) is 12.9. The number of carbonyl (C=O) groups excluding carboxylic acids is 1. The minimum Gasteiger partial charge on any atom is -0.487 e. The fourth-order valence-electron chi connectivity index (χ4n) is 1.94. The molecular formula is C18H20N2O5. The SMILES string of the molecule is Cc1ccc(OCc2cccc(C(=O)NCC(C)(O)C(=O)O)c2)cn1. The smallest absolute Gasteiger partial charge is 0.337 e. The van der Waals surface area contributed by atoms with Crippen LogP contribution in [0.15, 0.2) is 42.6 Å². The molecule has 1 amide bonds. The van der Waals surface area contributed by atoms with Crippen LogP contribution in [0.4, 0.5) is 0 Å². The van der Waals surface area contributed by atoms with E-state index in [4.69, 9.17) is 9.84 Å². The maximum Gasteiger partial charge on any atom is 0.337 e. The molecule has 1 aromatic heterocycles. The monoisotopic (exact) mass is 344 g/mol. The second-order valence-electron chi connectivity index (χ2n) is 5.89. The van der Waals surface area contributed by atoms with Crippen LogP contribution in [0.2, 0.25) is 0 Å². The third kappa shape index (κ3) is 5.29. The summed E-state index contributed by atoms with van der Waals surface area (Å²) in [6.45, 7) is 2.87. The average Bonchev–Trinajstić information content (AvgIpc) is 2.59. The lowest BCUT2D eigenvalue weighted by Crippen LogP contribution is -2.46. The van der Waals surface area contributed by atoms with Crippen LogP contribution < -0.4 is 10.1 Å². The summed E-state index contributed by atoms with van der Waals surface area (Å²) in [5.41, 5.74) is 0.000235. The highest BCUT2D eigenvalue weighted by Crippen LogP contribution is 2.13. The number of benzene rings is 1. The van der Waals surface area contributed by atoms with Gasteiger partial charge in [-0.25, -0.2) is 4.79 Å². The van der Waals surface area contributed by atoms with E-state index in [2.05, 4.69) is 10.3 Å². The molecule has 1 heterocycles. The first kappa shape index (κ1) is 18.4. The fraction of sp³-hybridized carbons (Fsp3) is 0.278. The van der Waals surface area contributed by atoms with Gasteiger partial charge in [-0.2, -0.15) is 0 Å². The first-order valence-electron chi connectivity index (χ1n) is 7.66. The molecule has 7 nitrogen and oxygen atoms in total. The first-order chi connectivity index (χ1) is 11.8. The Kier molecular flexibility index (Phi) is 5.71. The number of pyridine rings is 1. The Morgan fingerprint density at radius 3 is 2.68 bits per heavy atom. The van der Waals surface area contributed by atoms with Gasteiger partial charge in [0.2, 0.25) is 0 Å². The van der Waals surface area contributed by atoms with Gasteiger partial charge in [0.15, 0.2) is 5.60 Å². The van der Waals surface area contributed by atoms with Gasteiger partial charge < -0.3 is 20.3 Å². The maximum absolute atomic E-state index is 12.1. The van der Waals surface area contributed by atoms with Crippen molar-refractivity contribution < 1.29 is 24.5 Å². The minimum absolute atomic E-state index is 0.263. The summed E-state index contributed by atoms with van der Waals surface area (Å²) in [6, 6.07) is 10.4. The van der Waals surface area contributed by atoms with Gasteiger partial charge in [-0.05, 0) is 43.7 Å². The highest BCUT2D eigenvalue weighted by molar-refractivity contribution is 5.94. The van der Waals surface area contributed by atoms with Gasteiger partial charge in [0.1, 0.15) is 12.4 Å². The van der Waals surface area contributed by atoms with Gasteiger partial charge in [0.25, 0.3) is 5.91 Å². The van der Waals surface area contributed by atoms with E-state index in [0.29, 0.717) is 11.3 Å². The molecule has 2 rings (SSSR count). The van der Waals surface area contributed by atoms with Crippen LogP contribution >= 0.6 is 0 Å². The average molecular weight is 344 g/mol. The van der Waals surface area contributed by atoms with Crippen molar-refractivity contribution in [3.8, 4) is 5.75 Å². The Balaban J connectivity index is 1.96. The number of hydrogen-bond donors (Lipinski definition) is 3. The third-order valence-corrected chi connectivity index (χ3v) is 3.53. The maximum atomic E-state index is 12.1. The number of ether oxygens (including phenoxy) is 1. The molecule has 132 valence electrons. The number of nitrogens with zero attached hydrogens (tertiary/aromatic N) is 1. The molecule has 7 heteroatoms. The van der Waals surface area contributed by atoms with Crippen molar-refractivity contribution in [3.63, 3.8) is 0 Å². The summed E-state index contributed by atoms with van der Waals surface area (Å²) < 4.78 is 5.62. The number of carboxylic acid groups (broad SMARTS) is 1. The molecule has 1 aromatic carbocycles. The highest BCUT2D eigenvalue weighted by atomic mass is 16.5. The predicted octanol–water partition coefficient (Wildman–Crippen LogP) is 1.53. The Morgan fingerprint density at radius 1 is 1.28 bits per heavy atom. The predicted molar refractivity (Wildman–Crippen MR) is 90.3 cm³/mol. The van der Waals surface area contributed by atoms with Crippen molar-refractivity contribution in [3.05, 3.63) is 59.4 Å². The molecule has 2 aromatic rings. The summed E-state index contributed by atoms with van der Waals surface area (Å²) in [7, 11) is 0. The van der Waals surface area contributed by atoms with Crippen LogP contribution in [0, 0.1) is 6.92 Å². The largest absolute Gasteiger partial charge is 0.487 e. The van der Waals surface area contributed by atoms with E-state index in [9.17, 15) is 14.7 Å². The zero-order valence-corrected chi connectivity index (χ0v) is 14.0. The number of hydrogen-bond acceptors (Lipinski definition) is 5. The molecule has 0 aliphatic carbocycles. The highest BCUT2D eigenvalue weighted by Gasteiger charge is 2.30. The summed E-state index contributed by atoms with van der Waals surface area (Å²) in [6.07, 6.45) is 1.62. The second-order valence-corrected chi connectivity index (χ2v) is 5.89. The van der Waals surface area contributed by atoms with Gasteiger partial charge in [0.05, 0.1) is 12.7 Å². The Bertz CT molecular complexity index is 756. The Morgan fingerprint density at radius 2 is 2.04 bits per heavy atom. The number of carbonyl (C=O) groups is 2. The number of aromatic nitrogens is 1. The summed E-state index contributed by atoms with van der Waals surface area (Å²) >= 11 is 0. The van der Waals surface area contributed by atoms with Gasteiger partial charge in [-0.15, -0.1) is 0 Å². The molecule has 25 heavy (non-hydrogen) atoms. The lowest BCUT2D eigenvalue weighted by Gasteiger charge is -2.18. The van der Waals surface area contributed by atoms with Gasteiger partial charge in [-0.3, -0.25) is 9.78 Å². The molecule has 0 saturated heterocycles. The molecular weight excluding hydrogens is 324 g/mol. The van der Waals surface area contributed by atoms with E-state index in [1.807, 2.05) is 25.1 Å². The Hall–Kier alpha value is -2.93. The summed E-state index contributed by atoms with van der Waals surface area (Å²) in [4.78, 5) is 27.1. The van der Waals surface area contributed by atoms with Crippen LogP contribution in [-0.2, 0) is 11.4 Å². The van der Waals surface area contributed by atoms with Crippen molar-refractivity contribution >= 4 is 11.9 Å². The van der Waals surface area contributed by atoms with E-state index in [1.165, 1.54) is 0 Å². The number of amides is 1. The quantitative estimate of drug-likeness (QED) is 0.703. The van der Waals surface area contributed by atoms with Crippen LogP contribution in [0.1, 0.15) is 28.5 Å². The number of carboxylic acids is 1. The number of aliphatic hydroxyl groups is 1. The van der Waals surface area contributed by atoms with Crippen molar-refractivity contribution in [1.29, 1.82) is 0 Å². The molecule has 0 aliphatic heterocycles. The zero-order valence-electron chi connectivity index (χ0n) is 14.0. The lowest BCUT2D eigenvalue weighted by molar-refractivity contribution is -0.155. The van der Waals surface area contributed by atoms with Gasteiger partial charge in [-0.1, -0.05) is 12.1 Å². The standard InChI is InChI=1S/C18H20N2O5/c1-12-6-7-15(9-19-12)25-10-13-4-3-5-14(8-13)16(21)20-11-18(2,24)17(22)23/h3-9,24H,10-11H2,1-2H3,(H,20,21)(H,22,23). The molecule has 3 N–H and O–H groups in total. The van der Waals surface area contributed by atoms with Crippen molar-refractivity contribution in [1.82, 2.24) is 10.3 Å². The fourth-order valence-corrected chi connectivity index (χ4v) is 1.94. The van der Waals surface area contributed by atoms with E-state index >= 15 is 0 Å². The minimum atomic E-state index is -2.02. The summed E-state index contributed by atoms with van der Waals surface area (Å²) in [5, 5.41) is 20.9. The van der Waals surface area contributed by atoms with Crippen LogP contribution in [0.3, 0.4) is 0 Å². The second kappa shape index (κ2) is 7.76. The zero-order chi connectivity index (χ0) is 18.4. The lowest BCUT2D eigenvalue weighted by atomic mass is 10.1. The number of rotatable bonds is 7. The number of aliphatic carboxylic acids is 1. The van der Waals surface area contributed by atoms with E-state index in [0.717, 1.165) is 18.2 Å². The van der Waals surface area contributed by atoms with Crippen molar-refractivity contribution in [2.75, 3.05) is 6.54 Å². The van der Waals surface area contributed by atoms with Crippen LogP contribution in [0.5, 0.6) is 5.75 Å². The van der Waals surface area contributed by atoms with Gasteiger partial charge in [0, 0.05) is 11.3 Å². The van der Waals surface area contributed by atoms with E-state index < -0.39 is 24.0 Å². The number of nitrogens with one attached hydrogen (secondary N) is 1. The topological polar surface area (TPSA) is 109 Å². The third-order valence-electron chi connectivity index (χ3n) is 3.53. The Labute approximate surface area is 145 Å². The van der Waals surface area contributed by atoms with Crippen LogP contribution in [-0.4, -0.2) is 39.2 Å². The molecule has 0 aliphatic rings. The van der Waals surface area contributed by atoms with Gasteiger partial charge >= 0.3 is 5.97 Å². The van der Waals surface area contributed by atoms with E-state index in [-0.39, 0.29) is 6.61 Å². The molecule has 0 saturated carbocycles. The van der Waals surface area contributed by atoms with Crippen molar-refractivity contribution in [2.45, 2.75) is 26.1 Å². The summed E-state index contributed by atoms with van der Waals surface area (Å²) in [5.74, 6) is -1.25. The molecule has 0 bridgehead atoms. The molecule has 1 unspecified atom stereocenters. The van der Waals surface area contributed by atoms with Crippen molar-refractivity contribution in [2.24, 2.45) is 0 Å². The first-order valence-corrected chi connectivity index (χ1v) is 7.66. The van der Waals surface area contributed by atoms with E-state index in [1.54, 1.807) is 24.4 Å². The molecule has 0 radical (unpaired) electrons. The molecule has 0 fully saturated rings. The number of aryl methyl sites for hydroxylation is 1.